The lowest BCUT2D eigenvalue weighted by Crippen LogP contribution is -2.23. The van der Waals surface area contributed by atoms with Crippen LogP contribution in [-0.4, -0.2) is 13.6 Å². The Balaban J connectivity index is 2.20. The molecule has 0 bridgehead atoms. The summed E-state index contributed by atoms with van der Waals surface area (Å²) in [4.78, 5) is 0. The van der Waals surface area contributed by atoms with Gasteiger partial charge in [-0.2, -0.15) is 0 Å². The van der Waals surface area contributed by atoms with Gasteiger partial charge in [0.1, 0.15) is 5.75 Å². The van der Waals surface area contributed by atoms with E-state index in [0.717, 1.165) is 10.8 Å². The lowest BCUT2D eigenvalue weighted by molar-refractivity contribution is 0.350. The van der Waals surface area contributed by atoms with E-state index in [4.69, 9.17) is 4.74 Å². The zero-order chi connectivity index (χ0) is 13.2. The van der Waals surface area contributed by atoms with Crippen LogP contribution in [0.25, 0.3) is 10.8 Å². The minimum absolute atomic E-state index is 0.439. The highest BCUT2D eigenvalue weighted by Gasteiger charge is 2.26. The number of hydrogen-bond acceptors (Lipinski definition) is 1. The fourth-order valence-corrected chi connectivity index (χ4v) is 1.59. The molecule has 2 rings (SSSR count). The second-order valence-corrected chi connectivity index (χ2v) is 4.00. The van der Waals surface area contributed by atoms with Crippen molar-refractivity contribution in [2.24, 2.45) is 0 Å². The van der Waals surface area contributed by atoms with Crippen LogP contribution < -0.4 is 4.74 Å². The van der Waals surface area contributed by atoms with Gasteiger partial charge >= 0.3 is 6.98 Å². The molecule has 0 aliphatic rings. The third kappa shape index (κ3) is 2.67. The van der Waals surface area contributed by atoms with Crippen LogP contribution in [0.1, 0.15) is 0 Å². The Labute approximate surface area is 103 Å². The fraction of sp³-hybridized carbons (Fsp3) is 0.0769. The third-order valence-corrected chi connectivity index (χ3v) is 2.63. The molecule has 0 N–H and O–H groups in total. The number of benzene rings is 2. The first-order valence-electron chi connectivity index (χ1n) is 5.46. The zero-order valence-corrected chi connectivity index (χ0v) is 9.58. The van der Waals surface area contributed by atoms with Crippen molar-refractivity contribution in [1.29, 1.82) is 0 Å². The molecular weight excluding hydrogens is 240 g/mol. The maximum absolute atomic E-state index is 12.3. The van der Waals surface area contributed by atoms with Crippen LogP contribution >= 0.6 is 0 Å². The van der Waals surface area contributed by atoms with Gasteiger partial charge in [-0.15, -0.1) is 12.1 Å². The highest BCUT2D eigenvalue weighted by Crippen LogP contribution is 2.26. The maximum Gasteiger partial charge on any atom is 0.508 e. The van der Waals surface area contributed by atoms with Gasteiger partial charge in [0.2, 0.25) is 0 Å². The number of fused-ring (bicyclic) bond motifs is 1. The van der Waals surface area contributed by atoms with Gasteiger partial charge < -0.3 is 17.7 Å². The Kier molecular flexibility index (Phi) is 3.32. The summed E-state index contributed by atoms with van der Waals surface area (Å²) in [6.45, 7) is -2.57. The van der Waals surface area contributed by atoms with Gasteiger partial charge in [0.25, 0.3) is 0 Å². The van der Waals surface area contributed by atoms with Crippen molar-refractivity contribution < 1.29 is 17.7 Å². The van der Waals surface area contributed by atoms with Crippen molar-refractivity contribution >= 4 is 17.7 Å². The average molecular weight is 251 g/mol. The molecule has 94 valence electrons. The molecule has 0 aromatic heterocycles. The van der Waals surface area contributed by atoms with Gasteiger partial charge in [0.15, 0.2) is 0 Å². The Morgan fingerprint density at radius 2 is 1.72 bits per heavy atom. The van der Waals surface area contributed by atoms with E-state index < -0.39 is 19.1 Å². The number of halogens is 3. The van der Waals surface area contributed by atoms with Crippen molar-refractivity contribution in [3.05, 3.63) is 54.5 Å². The minimum atomic E-state index is -5.04. The molecule has 0 aliphatic carbocycles. The molecule has 18 heavy (non-hydrogen) atoms. The fourth-order valence-electron chi connectivity index (χ4n) is 1.59. The van der Waals surface area contributed by atoms with E-state index in [1.54, 1.807) is 12.1 Å². The number of hydrogen-bond donors (Lipinski definition) is 0. The molecule has 0 unspecified atom stereocenters. The summed E-state index contributed by atoms with van der Waals surface area (Å²) in [6, 6.07) is 12.7. The molecule has 5 heteroatoms. The summed E-state index contributed by atoms with van der Waals surface area (Å²) in [6.07, 6.45) is 0. The highest BCUT2D eigenvalue weighted by atomic mass is 19.4. The quantitative estimate of drug-likeness (QED) is 0.741. The van der Waals surface area contributed by atoms with Crippen molar-refractivity contribution in [2.45, 2.75) is 0 Å². The van der Waals surface area contributed by atoms with Crippen LogP contribution in [0.5, 0.6) is 5.75 Å². The van der Waals surface area contributed by atoms with Gasteiger partial charge in [-0.1, -0.05) is 36.4 Å². The van der Waals surface area contributed by atoms with E-state index in [2.05, 4.69) is 6.58 Å². The summed E-state index contributed by atoms with van der Waals surface area (Å²) in [7, 11) is 0. The van der Waals surface area contributed by atoms with Gasteiger partial charge in [0, 0.05) is 5.39 Å². The molecule has 2 aromatic carbocycles. The van der Waals surface area contributed by atoms with E-state index in [0.29, 0.717) is 5.75 Å². The second kappa shape index (κ2) is 4.76. The molecule has 0 saturated carbocycles. The molecule has 0 fully saturated rings. The lowest BCUT2D eigenvalue weighted by atomic mass is 9.81. The summed E-state index contributed by atoms with van der Waals surface area (Å²) in [5.74, 6) is 0.439. The molecule has 0 heterocycles. The van der Waals surface area contributed by atoms with Crippen LogP contribution in [-0.2, 0) is 0 Å². The van der Waals surface area contributed by atoms with Crippen molar-refractivity contribution in [3.8, 4) is 5.75 Å². The van der Waals surface area contributed by atoms with Crippen molar-refractivity contribution in [3.63, 3.8) is 0 Å². The van der Waals surface area contributed by atoms with Gasteiger partial charge in [-0.3, -0.25) is 0 Å². The van der Waals surface area contributed by atoms with Crippen LogP contribution in [0.15, 0.2) is 54.5 Å². The first-order chi connectivity index (χ1) is 8.48. The topological polar surface area (TPSA) is 9.23 Å². The van der Waals surface area contributed by atoms with Gasteiger partial charge in [0.05, 0.1) is 6.61 Å². The largest absolute Gasteiger partial charge is 0.508 e. The summed E-state index contributed by atoms with van der Waals surface area (Å²) in [5, 5.41) is 1.72. The summed E-state index contributed by atoms with van der Waals surface area (Å²) < 4.78 is 42.2. The van der Waals surface area contributed by atoms with Crippen molar-refractivity contribution in [2.75, 3.05) is 6.61 Å². The van der Waals surface area contributed by atoms with Crippen LogP contribution in [0.2, 0.25) is 0 Å². The molecular formula is C13H11BF3O-. The maximum atomic E-state index is 12.3. The van der Waals surface area contributed by atoms with Crippen molar-refractivity contribution in [1.82, 2.24) is 0 Å². The van der Waals surface area contributed by atoms with Gasteiger partial charge in [-0.05, 0) is 11.5 Å². The molecule has 1 nitrogen and oxygen atoms in total. The van der Waals surface area contributed by atoms with E-state index in [-0.39, 0.29) is 0 Å². The predicted molar refractivity (Wildman–Crippen MR) is 67.7 cm³/mol. The smallest absolute Gasteiger partial charge is 0.492 e. The monoisotopic (exact) mass is 251 g/mol. The van der Waals surface area contributed by atoms with Crippen LogP contribution in [0.4, 0.5) is 12.9 Å². The summed E-state index contributed by atoms with van der Waals surface area (Å²) >= 11 is 0. The zero-order valence-electron chi connectivity index (χ0n) is 9.58. The SMILES string of the molecule is C=C(COc1cccc2ccccc12)[B-](F)(F)F. The minimum Gasteiger partial charge on any atom is -0.492 e. The Bertz CT molecular complexity index is 572. The molecule has 2 aromatic rings. The Morgan fingerprint density at radius 1 is 1.06 bits per heavy atom. The second-order valence-electron chi connectivity index (χ2n) is 4.00. The number of rotatable bonds is 4. The molecule has 0 atom stereocenters. The molecule has 0 radical (unpaired) electrons. The Hall–Kier alpha value is -1.91. The van der Waals surface area contributed by atoms with Crippen LogP contribution in [0, 0.1) is 0 Å². The van der Waals surface area contributed by atoms with E-state index >= 15 is 0 Å². The first kappa shape index (κ1) is 12.5. The Morgan fingerprint density at radius 3 is 2.44 bits per heavy atom. The molecule has 0 spiro atoms. The van der Waals surface area contributed by atoms with E-state index in [1.165, 1.54) is 0 Å². The highest BCUT2D eigenvalue weighted by molar-refractivity contribution is 6.66. The predicted octanol–water partition coefficient (Wildman–Crippen LogP) is 4.16. The standard InChI is InChI=1S/C13H11BF3O/c1-10(14(15,16)17)9-18-13-8-4-6-11-5-2-3-7-12(11)13/h2-8H,1,9H2/q-1. The average Bonchev–Trinajstić information content (AvgIpc) is 2.34. The summed E-state index contributed by atoms with van der Waals surface area (Å²) in [5.41, 5.74) is -0.831. The van der Waals surface area contributed by atoms with E-state index in [9.17, 15) is 12.9 Å². The molecule has 0 aliphatic heterocycles. The lowest BCUT2D eigenvalue weighted by Gasteiger charge is -2.18. The third-order valence-electron chi connectivity index (χ3n) is 2.63. The van der Waals surface area contributed by atoms with Gasteiger partial charge in [-0.25, -0.2) is 0 Å². The van der Waals surface area contributed by atoms with E-state index in [1.807, 2.05) is 30.3 Å². The first-order valence-corrected chi connectivity index (χ1v) is 5.46. The number of ether oxygens (including phenoxy) is 1. The normalized spacial score (nSPS) is 11.5. The molecule has 0 amide bonds. The molecule has 0 saturated heterocycles. The van der Waals surface area contributed by atoms with Crippen LogP contribution in [0.3, 0.4) is 0 Å².